The van der Waals surface area contributed by atoms with Crippen molar-refractivity contribution in [3.05, 3.63) is 95.6 Å². The molecular formula is C24H25NO3S. The van der Waals surface area contributed by atoms with Gasteiger partial charge in [-0.05, 0) is 52.9 Å². The number of amides is 1. The van der Waals surface area contributed by atoms with E-state index in [9.17, 15) is 13.2 Å². The van der Waals surface area contributed by atoms with E-state index in [0.717, 1.165) is 0 Å². The van der Waals surface area contributed by atoms with Crippen molar-refractivity contribution >= 4 is 21.4 Å². The molecular weight excluding hydrogens is 382 g/mol. The highest BCUT2D eigenvalue weighted by molar-refractivity contribution is 7.90. The quantitative estimate of drug-likeness (QED) is 0.631. The second kappa shape index (κ2) is 8.21. The van der Waals surface area contributed by atoms with Gasteiger partial charge in [0.2, 0.25) is 0 Å². The van der Waals surface area contributed by atoms with Gasteiger partial charge in [0.1, 0.15) is 0 Å². The molecule has 3 aromatic carbocycles. The van der Waals surface area contributed by atoms with E-state index < -0.39 is 9.84 Å². The molecule has 1 amide bonds. The molecule has 0 radical (unpaired) electrons. The minimum atomic E-state index is -3.47. The maximum atomic E-state index is 12.6. The van der Waals surface area contributed by atoms with Crippen LogP contribution < -0.4 is 5.32 Å². The number of carbonyl (C=O) groups is 1. The second-order valence-corrected chi connectivity index (χ2v) is 10.0. The van der Waals surface area contributed by atoms with Crippen molar-refractivity contribution in [2.75, 3.05) is 5.32 Å². The largest absolute Gasteiger partial charge is 0.322 e. The number of benzene rings is 3. The lowest BCUT2D eigenvalue weighted by Crippen LogP contribution is -2.14. The molecule has 0 unspecified atom stereocenters. The number of hydrogen-bond donors (Lipinski definition) is 1. The first-order chi connectivity index (χ1) is 13.6. The molecule has 0 heterocycles. The fourth-order valence-corrected chi connectivity index (χ4v) is 4.35. The van der Waals surface area contributed by atoms with Crippen LogP contribution >= 0.6 is 0 Å². The molecule has 0 aliphatic carbocycles. The van der Waals surface area contributed by atoms with Gasteiger partial charge in [-0.3, -0.25) is 4.79 Å². The first-order valence-electron chi connectivity index (χ1n) is 9.44. The zero-order chi connectivity index (χ0) is 21.1. The molecule has 0 aliphatic heterocycles. The van der Waals surface area contributed by atoms with E-state index in [1.54, 1.807) is 54.6 Å². The van der Waals surface area contributed by atoms with Crippen LogP contribution in [0.1, 0.15) is 42.3 Å². The summed E-state index contributed by atoms with van der Waals surface area (Å²) in [6, 6.07) is 22.8. The minimum absolute atomic E-state index is 0.0428. The van der Waals surface area contributed by atoms with Crippen molar-refractivity contribution in [3.63, 3.8) is 0 Å². The summed E-state index contributed by atoms with van der Waals surface area (Å²) in [6.07, 6.45) is 0. The van der Waals surface area contributed by atoms with Crippen LogP contribution in [0.3, 0.4) is 0 Å². The molecule has 0 spiro atoms. The number of nitrogens with one attached hydrogen (secondary N) is 1. The number of rotatable bonds is 5. The summed E-state index contributed by atoms with van der Waals surface area (Å²) in [5.41, 5.74) is 2.92. The molecule has 3 aromatic rings. The van der Waals surface area contributed by atoms with Crippen LogP contribution in [0.15, 0.2) is 83.8 Å². The van der Waals surface area contributed by atoms with Crippen LogP contribution in [-0.4, -0.2) is 14.3 Å². The Bertz CT molecular complexity index is 1100. The Morgan fingerprint density at radius 2 is 1.52 bits per heavy atom. The third kappa shape index (κ3) is 5.33. The maximum absolute atomic E-state index is 12.6. The van der Waals surface area contributed by atoms with E-state index >= 15 is 0 Å². The third-order valence-electron chi connectivity index (χ3n) is 4.66. The van der Waals surface area contributed by atoms with Gasteiger partial charge in [0.05, 0.1) is 10.6 Å². The Kier molecular flexibility index (Phi) is 5.89. The predicted molar refractivity (Wildman–Crippen MR) is 117 cm³/mol. The highest BCUT2D eigenvalue weighted by atomic mass is 32.2. The fourth-order valence-electron chi connectivity index (χ4n) is 2.99. The third-order valence-corrected chi connectivity index (χ3v) is 6.36. The van der Waals surface area contributed by atoms with Crippen molar-refractivity contribution in [2.45, 2.75) is 36.8 Å². The molecule has 0 atom stereocenters. The minimum Gasteiger partial charge on any atom is -0.322 e. The lowest BCUT2D eigenvalue weighted by Gasteiger charge is -2.19. The maximum Gasteiger partial charge on any atom is 0.255 e. The molecule has 0 aliphatic rings. The van der Waals surface area contributed by atoms with Gasteiger partial charge in [-0.25, -0.2) is 8.42 Å². The van der Waals surface area contributed by atoms with Gasteiger partial charge >= 0.3 is 0 Å². The van der Waals surface area contributed by atoms with Crippen molar-refractivity contribution in [1.29, 1.82) is 0 Å². The summed E-state index contributed by atoms with van der Waals surface area (Å²) in [4.78, 5) is 12.9. The molecule has 150 valence electrons. The van der Waals surface area contributed by atoms with Crippen LogP contribution in [0.25, 0.3) is 0 Å². The fraction of sp³-hybridized carbons (Fsp3) is 0.208. The van der Waals surface area contributed by atoms with E-state index in [1.807, 2.05) is 24.3 Å². The topological polar surface area (TPSA) is 63.2 Å². The lowest BCUT2D eigenvalue weighted by atomic mass is 9.87. The summed E-state index contributed by atoms with van der Waals surface area (Å²) < 4.78 is 25.2. The second-order valence-electron chi connectivity index (χ2n) is 8.05. The van der Waals surface area contributed by atoms with E-state index in [1.165, 1.54) is 5.56 Å². The van der Waals surface area contributed by atoms with Crippen molar-refractivity contribution in [1.82, 2.24) is 0 Å². The van der Waals surface area contributed by atoms with Crippen LogP contribution in [0.4, 0.5) is 5.69 Å². The van der Waals surface area contributed by atoms with Crippen LogP contribution in [-0.2, 0) is 21.0 Å². The summed E-state index contributed by atoms with van der Waals surface area (Å²) in [7, 11) is -3.47. The van der Waals surface area contributed by atoms with Crippen LogP contribution in [0.5, 0.6) is 0 Å². The van der Waals surface area contributed by atoms with Crippen molar-refractivity contribution in [2.24, 2.45) is 0 Å². The zero-order valence-corrected chi connectivity index (χ0v) is 17.7. The summed E-state index contributed by atoms with van der Waals surface area (Å²) in [5.74, 6) is -0.425. The Balaban J connectivity index is 1.74. The number of carbonyl (C=O) groups excluding carboxylic acids is 1. The Morgan fingerprint density at radius 1 is 0.862 bits per heavy atom. The monoisotopic (exact) mass is 407 g/mol. The van der Waals surface area contributed by atoms with Crippen LogP contribution in [0.2, 0.25) is 0 Å². The highest BCUT2D eigenvalue weighted by Gasteiger charge is 2.17. The molecule has 1 N–H and O–H groups in total. The van der Waals surface area contributed by atoms with Gasteiger partial charge in [0.15, 0.2) is 9.84 Å². The van der Waals surface area contributed by atoms with Gasteiger partial charge in [0.25, 0.3) is 5.91 Å². The van der Waals surface area contributed by atoms with E-state index in [-0.39, 0.29) is 22.0 Å². The number of anilines is 1. The van der Waals surface area contributed by atoms with Crippen molar-refractivity contribution < 1.29 is 13.2 Å². The predicted octanol–water partition coefficient (Wildman–Crippen LogP) is 5.21. The van der Waals surface area contributed by atoms with Crippen LogP contribution in [0, 0.1) is 0 Å². The summed E-state index contributed by atoms with van der Waals surface area (Å²) >= 11 is 0. The van der Waals surface area contributed by atoms with Gasteiger partial charge in [0, 0.05) is 11.3 Å². The van der Waals surface area contributed by atoms with E-state index in [4.69, 9.17) is 0 Å². The molecule has 0 bridgehead atoms. The molecule has 3 rings (SSSR count). The molecule has 0 saturated carbocycles. The Labute approximate surface area is 172 Å². The average molecular weight is 408 g/mol. The number of sulfone groups is 1. The molecule has 4 nitrogen and oxygen atoms in total. The molecule has 0 saturated heterocycles. The van der Waals surface area contributed by atoms with Gasteiger partial charge < -0.3 is 5.32 Å². The van der Waals surface area contributed by atoms with Gasteiger partial charge in [-0.15, -0.1) is 0 Å². The van der Waals surface area contributed by atoms with E-state index in [2.05, 4.69) is 26.1 Å². The number of hydrogen-bond acceptors (Lipinski definition) is 3. The van der Waals surface area contributed by atoms with Gasteiger partial charge in [-0.2, -0.15) is 0 Å². The highest BCUT2D eigenvalue weighted by Crippen LogP contribution is 2.24. The first kappa shape index (κ1) is 20.8. The molecule has 0 aromatic heterocycles. The van der Waals surface area contributed by atoms with Gasteiger partial charge in [-0.1, -0.05) is 63.2 Å². The standard InChI is InChI=1S/C24H25NO3S/c1-24(2,3)20-12-14-21(15-13-20)25-23(26)19-9-7-8-18(16-19)17-29(27,28)22-10-5-4-6-11-22/h4-16H,17H2,1-3H3,(H,25,26). The molecule has 0 fully saturated rings. The SMILES string of the molecule is CC(C)(C)c1ccc(NC(=O)c2cccc(CS(=O)(=O)c3ccccc3)c2)cc1. The lowest BCUT2D eigenvalue weighted by molar-refractivity contribution is 0.102. The molecule has 29 heavy (non-hydrogen) atoms. The summed E-state index contributed by atoms with van der Waals surface area (Å²) in [5, 5.41) is 2.87. The Morgan fingerprint density at radius 3 is 2.14 bits per heavy atom. The smallest absolute Gasteiger partial charge is 0.255 e. The average Bonchev–Trinajstić information content (AvgIpc) is 2.68. The summed E-state index contributed by atoms with van der Waals surface area (Å²) in [6.45, 7) is 6.40. The normalized spacial score (nSPS) is 11.8. The Hall–Kier alpha value is -2.92. The zero-order valence-electron chi connectivity index (χ0n) is 16.8. The van der Waals surface area contributed by atoms with E-state index in [0.29, 0.717) is 16.8 Å². The first-order valence-corrected chi connectivity index (χ1v) is 11.1. The van der Waals surface area contributed by atoms with Crippen molar-refractivity contribution in [3.8, 4) is 0 Å². The molecule has 5 heteroatoms.